The molecule has 2 aromatic carbocycles. The molecule has 2 fully saturated rings. The van der Waals surface area contributed by atoms with E-state index < -0.39 is 0 Å². The molecule has 0 aliphatic heterocycles. The number of Topliss-reactive ketones (excluding diaryl/α,β-unsaturated/α-hetero) is 1. The van der Waals surface area contributed by atoms with Crippen LogP contribution >= 0.6 is 0 Å². The first-order valence-corrected chi connectivity index (χ1v) is 9.57. The summed E-state index contributed by atoms with van der Waals surface area (Å²) in [6.45, 7) is 0. The van der Waals surface area contributed by atoms with Crippen molar-refractivity contribution in [1.82, 2.24) is 0 Å². The molecule has 2 aliphatic rings. The lowest BCUT2D eigenvalue weighted by Gasteiger charge is -2.36. The lowest BCUT2D eigenvalue weighted by atomic mass is 9.67. The largest absolute Gasteiger partial charge is 0.426 e. The van der Waals surface area contributed by atoms with Gasteiger partial charge in [0.1, 0.15) is 11.5 Å². The number of rotatable bonds is 4. The number of fused-ring (bicyclic) bond motifs is 2. The Bertz CT molecular complexity index is 838. The average molecular weight is 362 g/mol. The smallest absolute Gasteiger partial charge is 0.314 e. The maximum atomic E-state index is 12.5. The van der Waals surface area contributed by atoms with Gasteiger partial charge in [0.15, 0.2) is 5.78 Å². The maximum absolute atomic E-state index is 12.5. The summed E-state index contributed by atoms with van der Waals surface area (Å²) in [4.78, 5) is 37.1. The van der Waals surface area contributed by atoms with Crippen LogP contribution in [0.3, 0.4) is 0 Å². The summed E-state index contributed by atoms with van der Waals surface area (Å²) < 4.78 is 5.53. The summed E-state index contributed by atoms with van der Waals surface area (Å²) in [6.07, 6.45) is 4.10. The van der Waals surface area contributed by atoms with E-state index in [2.05, 4.69) is 0 Å². The van der Waals surface area contributed by atoms with Crippen molar-refractivity contribution in [1.29, 1.82) is 0 Å². The Morgan fingerprint density at radius 2 is 1.41 bits per heavy atom. The van der Waals surface area contributed by atoms with Gasteiger partial charge >= 0.3 is 5.97 Å². The van der Waals surface area contributed by atoms with E-state index in [-0.39, 0.29) is 29.5 Å². The van der Waals surface area contributed by atoms with Crippen molar-refractivity contribution < 1.29 is 19.1 Å². The number of hydrogen-bond acceptors (Lipinski definition) is 4. The summed E-state index contributed by atoms with van der Waals surface area (Å²) >= 11 is 0. The van der Waals surface area contributed by atoms with E-state index in [0.717, 1.165) is 19.3 Å². The van der Waals surface area contributed by atoms with Gasteiger partial charge in [0.2, 0.25) is 0 Å². The Kier molecular flexibility index (Phi) is 4.88. The van der Waals surface area contributed by atoms with E-state index in [4.69, 9.17) is 4.74 Å². The fraction of sp³-hybridized carbons (Fsp3) is 0.348. The molecule has 4 nitrogen and oxygen atoms in total. The number of ketones is 2. The predicted molar refractivity (Wildman–Crippen MR) is 101 cm³/mol. The summed E-state index contributed by atoms with van der Waals surface area (Å²) in [5.74, 6) is 0.305. The Balaban J connectivity index is 1.40. The van der Waals surface area contributed by atoms with E-state index in [0.29, 0.717) is 35.5 Å². The van der Waals surface area contributed by atoms with Crippen molar-refractivity contribution in [2.24, 2.45) is 17.8 Å². The number of ether oxygens (including phenoxy) is 1. The Hall–Kier alpha value is -2.75. The molecule has 2 aliphatic carbocycles. The van der Waals surface area contributed by atoms with Gasteiger partial charge in [-0.2, -0.15) is 0 Å². The first kappa shape index (κ1) is 17.7. The fourth-order valence-corrected chi connectivity index (χ4v) is 4.30. The van der Waals surface area contributed by atoms with E-state index in [1.165, 1.54) is 0 Å². The maximum Gasteiger partial charge on any atom is 0.314 e. The van der Waals surface area contributed by atoms with E-state index in [1.54, 1.807) is 36.4 Å². The lowest BCUT2D eigenvalue weighted by molar-refractivity contribution is -0.145. The molecule has 2 bridgehead atoms. The minimum atomic E-state index is -0.262. The zero-order valence-corrected chi connectivity index (χ0v) is 15.1. The Labute approximate surface area is 158 Å². The van der Waals surface area contributed by atoms with Gasteiger partial charge < -0.3 is 4.74 Å². The minimum absolute atomic E-state index is 0.0286. The second kappa shape index (κ2) is 7.47. The summed E-state index contributed by atoms with van der Waals surface area (Å²) in [5, 5.41) is 0. The highest BCUT2D eigenvalue weighted by Gasteiger charge is 2.41. The van der Waals surface area contributed by atoms with Gasteiger partial charge in [0.25, 0.3) is 0 Å². The third kappa shape index (κ3) is 3.70. The van der Waals surface area contributed by atoms with E-state index >= 15 is 0 Å². The molecule has 0 N–H and O–H groups in total. The highest BCUT2D eigenvalue weighted by molar-refractivity contribution is 6.09. The van der Waals surface area contributed by atoms with Crippen LogP contribution in [0.4, 0.5) is 0 Å². The molecule has 0 aromatic heterocycles. The zero-order chi connectivity index (χ0) is 18.8. The fourth-order valence-electron chi connectivity index (χ4n) is 4.30. The quantitative estimate of drug-likeness (QED) is 0.464. The van der Waals surface area contributed by atoms with Crippen LogP contribution < -0.4 is 4.74 Å². The molecule has 0 spiro atoms. The molecular formula is C23H22O4. The molecule has 138 valence electrons. The van der Waals surface area contributed by atoms with Gasteiger partial charge in [-0.25, -0.2) is 0 Å². The minimum Gasteiger partial charge on any atom is -0.426 e. The Morgan fingerprint density at radius 3 is 2.04 bits per heavy atom. The predicted octanol–water partition coefficient (Wildman–Crippen LogP) is 4.22. The first-order chi connectivity index (χ1) is 13.1. The van der Waals surface area contributed by atoms with Crippen LogP contribution in [-0.2, 0) is 9.59 Å². The molecule has 2 aromatic rings. The van der Waals surface area contributed by atoms with Crippen molar-refractivity contribution in [2.75, 3.05) is 0 Å². The molecule has 0 amide bonds. The molecule has 0 unspecified atom stereocenters. The van der Waals surface area contributed by atoms with Crippen molar-refractivity contribution in [2.45, 2.75) is 32.1 Å². The zero-order valence-electron chi connectivity index (χ0n) is 15.1. The van der Waals surface area contributed by atoms with Gasteiger partial charge in [0, 0.05) is 23.0 Å². The highest BCUT2D eigenvalue weighted by Crippen LogP contribution is 2.40. The Morgan fingerprint density at radius 1 is 0.815 bits per heavy atom. The van der Waals surface area contributed by atoms with Crippen LogP contribution in [0.15, 0.2) is 54.6 Å². The second-order valence-electron chi connectivity index (χ2n) is 7.54. The van der Waals surface area contributed by atoms with Crippen LogP contribution in [0.5, 0.6) is 5.75 Å². The van der Waals surface area contributed by atoms with Crippen molar-refractivity contribution in [3.63, 3.8) is 0 Å². The topological polar surface area (TPSA) is 60.4 Å². The summed E-state index contributed by atoms with van der Waals surface area (Å²) in [6, 6.07) is 15.7. The van der Waals surface area contributed by atoms with Crippen molar-refractivity contribution in [3.05, 3.63) is 65.7 Å². The SMILES string of the molecule is O=C(c1ccccc1)c1ccc(OC(=O)C2C[C@@H]3CCC[C@@H](C2)C3=O)cc1. The monoisotopic (exact) mass is 362 g/mol. The van der Waals surface area contributed by atoms with Gasteiger partial charge in [-0.15, -0.1) is 0 Å². The highest BCUT2D eigenvalue weighted by atomic mass is 16.5. The molecule has 27 heavy (non-hydrogen) atoms. The second-order valence-corrected chi connectivity index (χ2v) is 7.54. The van der Waals surface area contributed by atoms with Crippen LogP contribution in [-0.4, -0.2) is 17.5 Å². The van der Waals surface area contributed by atoms with E-state index in [9.17, 15) is 14.4 Å². The standard InChI is InChI=1S/C23H22O4/c24-21(15-5-2-1-3-6-15)16-9-11-20(12-10-16)27-23(26)19-13-17-7-4-8-18(14-19)22(17)25/h1-3,5-6,9-12,17-19H,4,7-8,13-14H2/t17-,18-/m0/s1. The van der Waals surface area contributed by atoms with Crippen LogP contribution in [0.2, 0.25) is 0 Å². The number of benzene rings is 2. The van der Waals surface area contributed by atoms with Crippen LogP contribution in [0, 0.1) is 17.8 Å². The van der Waals surface area contributed by atoms with Gasteiger partial charge in [0.05, 0.1) is 5.92 Å². The summed E-state index contributed by atoms with van der Waals surface area (Å²) in [5.41, 5.74) is 1.18. The first-order valence-electron chi connectivity index (χ1n) is 9.57. The number of hydrogen-bond donors (Lipinski definition) is 0. The van der Waals surface area contributed by atoms with E-state index in [1.807, 2.05) is 18.2 Å². The molecule has 4 rings (SSSR count). The molecule has 4 heteroatoms. The van der Waals surface area contributed by atoms with Gasteiger partial charge in [-0.3, -0.25) is 14.4 Å². The van der Waals surface area contributed by atoms with Gasteiger partial charge in [-0.1, -0.05) is 36.8 Å². The lowest BCUT2D eigenvalue weighted by Crippen LogP contribution is -2.40. The summed E-state index contributed by atoms with van der Waals surface area (Å²) in [7, 11) is 0. The molecular weight excluding hydrogens is 340 g/mol. The third-order valence-corrected chi connectivity index (χ3v) is 5.75. The molecule has 0 saturated heterocycles. The molecule has 0 radical (unpaired) electrons. The van der Waals surface area contributed by atoms with Crippen molar-refractivity contribution >= 4 is 17.5 Å². The normalized spacial score (nSPS) is 24.3. The number of carbonyl (C=O) groups excluding carboxylic acids is 3. The average Bonchev–Trinajstić information content (AvgIpc) is 2.68. The number of esters is 1. The number of carbonyl (C=O) groups is 3. The van der Waals surface area contributed by atoms with Crippen molar-refractivity contribution in [3.8, 4) is 5.75 Å². The van der Waals surface area contributed by atoms with Crippen LogP contribution in [0.1, 0.15) is 48.0 Å². The van der Waals surface area contributed by atoms with Crippen LogP contribution in [0.25, 0.3) is 0 Å². The molecule has 2 saturated carbocycles. The third-order valence-electron chi connectivity index (χ3n) is 5.75. The molecule has 0 heterocycles. The van der Waals surface area contributed by atoms with Gasteiger partial charge in [-0.05, 0) is 49.9 Å². The molecule has 2 atom stereocenters.